The summed E-state index contributed by atoms with van der Waals surface area (Å²) in [6.07, 6.45) is 4.91. The number of piperidine rings is 1. The Morgan fingerprint density at radius 2 is 2.06 bits per heavy atom. The van der Waals surface area contributed by atoms with Crippen molar-refractivity contribution in [2.75, 3.05) is 39.1 Å². The van der Waals surface area contributed by atoms with Gasteiger partial charge in [-0.25, -0.2) is 0 Å². The van der Waals surface area contributed by atoms with Gasteiger partial charge in [0.1, 0.15) is 5.75 Å². The third kappa shape index (κ3) is 6.89. The van der Waals surface area contributed by atoms with Crippen LogP contribution in [0.3, 0.4) is 0 Å². The molecule has 1 aromatic heterocycles. The van der Waals surface area contributed by atoms with E-state index in [1.165, 1.54) is 0 Å². The van der Waals surface area contributed by atoms with Crippen molar-refractivity contribution in [1.82, 2.24) is 9.88 Å². The fraction of sp³-hybridized carbons (Fsp3) is 0.464. The van der Waals surface area contributed by atoms with Crippen LogP contribution in [0.2, 0.25) is 5.02 Å². The lowest BCUT2D eigenvalue weighted by atomic mass is 9.81. The molecule has 3 aromatic rings. The van der Waals surface area contributed by atoms with E-state index >= 15 is 0 Å². The van der Waals surface area contributed by atoms with Gasteiger partial charge in [0.25, 0.3) is 0 Å². The van der Waals surface area contributed by atoms with Crippen molar-refractivity contribution < 1.29 is 14.9 Å². The van der Waals surface area contributed by atoms with Gasteiger partial charge in [0.15, 0.2) is 0 Å². The Morgan fingerprint density at radius 1 is 1.20 bits per heavy atom. The van der Waals surface area contributed by atoms with Crippen molar-refractivity contribution in [3.63, 3.8) is 0 Å². The molecule has 2 heterocycles. The number of halogens is 1. The van der Waals surface area contributed by atoms with Crippen LogP contribution in [0.5, 0.6) is 5.75 Å². The van der Waals surface area contributed by atoms with Crippen LogP contribution in [0.4, 0.5) is 0 Å². The molecular formula is C28H35ClN2O3S. The predicted molar refractivity (Wildman–Crippen MR) is 144 cm³/mol. The number of fused-ring (bicyclic) bond motifs is 1. The van der Waals surface area contributed by atoms with Gasteiger partial charge in [-0.1, -0.05) is 23.7 Å². The average molecular weight is 515 g/mol. The maximum Gasteiger partial charge on any atom is 0.119 e. The van der Waals surface area contributed by atoms with Crippen molar-refractivity contribution in [2.24, 2.45) is 11.8 Å². The lowest BCUT2D eigenvalue weighted by Crippen LogP contribution is -2.42. The monoisotopic (exact) mass is 514 g/mol. The number of hydrogen-bond donors (Lipinski definition) is 2. The molecule has 0 amide bonds. The van der Waals surface area contributed by atoms with Crippen LogP contribution in [0.15, 0.2) is 59.6 Å². The Hall–Kier alpha value is -1.83. The van der Waals surface area contributed by atoms with E-state index in [0.29, 0.717) is 12.3 Å². The van der Waals surface area contributed by atoms with Crippen LogP contribution in [0, 0.1) is 11.8 Å². The minimum absolute atomic E-state index is 0.195. The number of rotatable bonds is 11. The molecule has 1 fully saturated rings. The van der Waals surface area contributed by atoms with Gasteiger partial charge in [-0.15, -0.1) is 11.8 Å². The number of ether oxygens (including phenoxy) is 1. The topological polar surface area (TPSA) is 65.8 Å². The summed E-state index contributed by atoms with van der Waals surface area (Å²) in [7, 11) is 1.65. The SMILES string of the molecule is COc1ccc2nccc(C(O)CC[C@@H]3CCN(CCCSc4ccccc4Cl)C[C@@H]3CO)c2c1. The standard InChI is InChI=1S/C28H35ClN2O3S/c1-34-22-8-9-26-24(17-22)23(11-13-30-26)27(33)10-7-20-12-15-31(18-21(20)19-32)14-4-16-35-28-6-3-2-5-25(28)29/h2-3,5-6,8-9,11,13,17,20-21,27,32-33H,4,7,10,12,14-16,18-19H2,1H3/t20-,21-,27?/m1/s1. The third-order valence-electron chi connectivity index (χ3n) is 7.08. The van der Waals surface area contributed by atoms with Crippen LogP contribution in [0.25, 0.3) is 10.9 Å². The van der Waals surface area contributed by atoms with Gasteiger partial charge in [0.05, 0.1) is 23.8 Å². The van der Waals surface area contributed by atoms with E-state index in [1.54, 1.807) is 25.1 Å². The van der Waals surface area contributed by atoms with Gasteiger partial charge >= 0.3 is 0 Å². The molecule has 0 bridgehead atoms. The Bertz CT molecular complexity index is 1100. The highest BCUT2D eigenvalue weighted by molar-refractivity contribution is 7.99. The molecule has 1 aliphatic heterocycles. The summed E-state index contributed by atoms with van der Waals surface area (Å²) in [5.41, 5.74) is 1.75. The van der Waals surface area contributed by atoms with Gasteiger partial charge in [0, 0.05) is 29.6 Å². The normalized spacial score (nSPS) is 19.7. The lowest BCUT2D eigenvalue weighted by molar-refractivity contribution is 0.0581. The molecule has 35 heavy (non-hydrogen) atoms. The van der Waals surface area contributed by atoms with Crippen LogP contribution in [-0.2, 0) is 0 Å². The van der Waals surface area contributed by atoms with E-state index in [-0.39, 0.29) is 12.5 Å². The molecule has 5 nitrogen and oxygen atoms in total. The van der Waals surface area contributed by atoms with Crippen molar-refractivity contribution in [3.8, 4) is 5.75 Å². The molecule has 1 unspecified atom stereocenters. The fourth-order valence-electron chi connectivity index (χ4n) is 5.07. The van der Waals surface area contributed by atoms with Gasteiger partial charge < -0.3 is 19.8 Å². The fourth-order valence-corrected chi connectivity index (χ4v) is 6.24. The number of methoxy groups -OCH3 is 1. The summed E-state index contributed by atoms with van der Waals surface area (Å²) in [5.74, 6) is 2.47. The van der Waals surface area contributed by atoms with Gasteiger partial charge in [0.2, 0.25) is 0 Å². The summed E-state index contributed by atoms with van der Waals surface area (Å²) < 4.78 is 5.36. The number of likely N-dealkylation sites (tertiary alicyclic amines) is 1. The number of thioether (sulfide) groups is 1. The predicted octanol–water partition coefficient (Wildman–Crippen LogP) is 5.82. The van der Waals surface area contributed by atoms with Gasteiger partial charge in [-0.3, -0.25) is 4.98 Å². The Kier molecular flexibility index (Phi) is 9.69. The van der Waals surface area contributed by atoms with Gasteiger partial charge in [-0.2, -0.15) is 0 Å². The highest BCUT2D eigenvalue weighted by atomic mass is 35.5. The van der Waals surface area contributed by atoms with E-state index in [4.69, 9.17) is 16.3 Å². The van der Waals surface area contributed by atoms with Crippen LogP contribution in [0.1, 0.15) is 37.4 Å². The quantitative estimate of drug-likeness (QED) is 0.248. The van der Waals surface area contributed by atoms with E-state index in [2.05, 4.69) is 16.0 Å². The molecule has 4 rings (SSSR count). The lowest BCUT2D eigenvalue weighted by Gasteiger charge is -2.38. The Labute approximate surface area is 217 Å². The summed E-state index contributed by atoms with van der Waals surface area (Å²) in [6.45, 7) is 3.20. The highest BCUT2D eigenvalue weighted by Crippen LogP contribution is 2.34. The first-order chi connectivity index (χ1) is 17.1. The molecule has 3 atom stereocenters. The summed E-state index contributed by atoms with van der Waals surface area (Å²) >= 11 is 8.06. The van der Waals surface area contributed by atoms with Crippen LogP contribution >= 0.6 is 23.4 Å². The molecule has 188 valence electrons. The second-order valence-corrected chi connectivity index (χ2v) is 10.8. The molecule has 1 aliphatic rings. The number of aliphatic hydroxyl groups excluding tert-OH is 2. The molecule has 2 aromatic carbocycles. The first kappa shape index (κ1) is 26.2. The molecule has 0 aliphatic carbocycles. The zero-order valence-corrected chi connectivity index (χ0v) is 21.8. The van der Waals surface area contributed by atoms with Crippen LogP contribution in [-0.4, -0.2) is 59.2 Å². The largest absolute Gasteiger partial charge is 0.497 e. The van der Waals surface area contributed by atoms with Gasteiger partial charge in [-0.05, 0) is 98.3 Å². The van der Waals surface area contributed by atoms with E-state index in [0.717, 1.165) is 76.8 Å². The molecule has 1 saturated heterocycles. The number of nitrogens with zero attached hydrogens (tertiary/aromatic N) is 2. The summed E-state index contributed by atoms with van der Waals surface area (Å²) in [5, 5.41) is 22.9. The number of pyridine rings is 1. The average Bonchev–Trinajstić information content (AvgIpc) is 2.90. The van der Waals surface area contributed by atoms with E-state index in [9.17, 15) is 10.2 Å². The maximum absolute atomic E-state index is 11.0. The minimum Gasteiger partial charge on any atom is -0.497 e. The minimum atomic E-state index is -0.563. The van der Waals surface area contributed by atoms with Crippen molar-refractivity contribution in [1.29, 1.82) is 0 Å². The molecule has 0 saturated carbocycles. The third-order valence-corrected chi connectivity index (χ3v) is 8.68. The molecular weight excluding hydrogens is 480 g/mol. The van der Waals surface area contributed by atoms with Crippen molar-refractivity contribution in [2.45, 2.75) is 36.7 Å². The number of hydrogen-bond acceptors (Lipinski definition) is 6. The van der Waals surface area contributed by atoms with E-state index in [1.807, 2.05) is 42.5 Å². The Morgan fingerprint density at radius 3 is 2.86 bits per heavy atom. The molecule has 0 radical (unpaired) electrons. The number of benzene rings is 2. The second kappa shape index (κ2) is 12.9. The second-order valence-electron chi connectivity index (χ2n) is 9.30. The highest BCUT2D eigenvalue weighted by Gasteiger charge is 2.29. The zero-order chi connectivity index (χ0) is 24.6. The molecule has 0 spiro atoms. The van der Waals surface area contributed by atoms with Crippen LogP contribution < -0.4 is 4.74 Å². The Balaban J connectivity index is 1.26. The summed E-state index contributed by atoms with van der Waals surface area (Å²) in [4.78, 5) is 8.04. The first-order valence-corrected chi connectivity index (χ1v) is 13.8. The molecule has 7 heteroatoms. The number of aromatic nitrogens is 1. The first-order valence-electron chi connectivity index (χ1n) is 12.4. The van der Waals surface area contributed by atoms with Crippen molar-refractivity contribution >= 4 is 34.3 Å². The van der Waals surface area contributed by atoms with E-state index < -0.39 is 6.10 Å². The maximum atomic E-state index is 11.0. The summed E-state index contributed by atoms with van der Waals surface area (Å²) in [6, 6.07) is 15.6. The van der Waals surface area contributed by atoms with Crippen molar-refractivity contribution in [3.05, 3.63) is 65.3 Å². The zero-order valence-electron chi connectivity index (χ0n) is 20.3. The smallest absolute Gasteiger partial charge is 0.119 e. The number of aliphatic hydroxyl groups is 2. The molecule has 2 N–H and O–H groups in total.